The number of halogens is 5. The van der Waals surface area contributed by atoms with Crippen molar-refractivity contribution in [3.63, 3.8) is 0 Å². The zero-order chi connectivity index (χ0) is 36.5. The lowest BCUT2D eigenvalue weighted by molar-refractivity contribution is -0.187. The van der Waals surface area contributed by atoms with E-state index in [1.165, 1.54) is 0 Å². The first-order valence-electron chi connectivity index (χ1n) is 16.3. The number of alkyl halides is 5. The summed E-state index contributed by atoms with van der Waals surface area (Å²) < 4.78 is 57.3. The van der Waals surface area contributed by atoms with Crippen LogP contribution in [-0.2, 0) is 28.6 Å². The van der Waals surface area contributed by atoms with Gasteiger partial charge in [0.1, 0.15) is 0 Å². The first-order chi connectivity index (χ1) is 23.1. The molecule has 0 aromatic rings. The Hall–Kier alpha value is -3.05. The minimum Gasteiger partial charge on any atom is -0.466 e. The van der Waals surface area contributed by atoms with Crippen molar-refractivity contribution < 1.29 is 56.5 Å². The van der Waals surface area contributed by atoms with E-state index in [0.717, 1.165) is 9.80 Å². The fourth-order valence-corrected chi connectivity index (χ4v) is 7.23. The summed E-state index contributed by atoms with van der Waals surface area (Å²) in [5.74, 6) is -6.38. The maximum atomic E-state index is 14.1. The van der Waals surface area contributed by atoms with Crippen LogP contribution in [0.5, 0.6) is 0 Å². The van der Waals surface area contributed by atoms with E-state index >= 15 is 0 Å². The Morgan fingerprint density at radius 1 is 0.918 bits per heavy atom. The van der Waals surface area contributed by atoms with E-state index in [1.807, 2.05) is 0 Å². The van der Waals surface area contributed by atoms with E-state index in [2.05, 4.69) is 15.6 Å². The Labute approximate surface area is 292 Å². The summed E-state index contributed by atoms with van der Waals surface area (Å²) in [6.45, 7) is 4.11. The number of guanidine groups is 1. The van der Waals surface area contributed by atoms with Crippen LogP contribution in [0.25, 0.3) is 0 Å². The molecule has 3 aliphatic rings. The molecule has 4 amide bonds. The summed E-state index contributed by atoms with van der Waals surface area (Å²) in [6, 6.07) is -2.09. The molecule has 3 rings (SSSR count). The molecule has 0 bridgehead atoms. The Balaban J connectivity index is 1.76. The molecule has 14 nitrogen and oxygen atoms in total. The number of ether oxygens (including phenoxy) is 3. The Morgan fingerprint density at radius 3 is 2.06 bits per heavy atom. The van der Waals surface area contributed by atoms with Crippen molar-refractivity contribution in [2.75, 3.05) is 39.5 Å². The van der Waals surface area contributed by atoms with Gasteiger partial charge in [0.15, 0.2) is 0 Å². The van der Waals surface area contributed by atoms with E-state index in [9.17, 15) is 42.3 Å². The van der Waals surface area contributed by atoms with E-state index < -0.39 is 102 Å². The molecule has 0 aromatic carbocycles. The van der Waals surface area contributed by atoms with Crippen molar-refractivity contribution >= 4 is 59.1 Å². The lowest BCUT2D eigenvalue weighted by Gasteiger charge is -2.39. The van der Waals surface area contributed by atoms with E-state index in [1.54, 1.807) is 20.8 Å². The minimum absolute atomic E-state index is 0.00266. The minimum atomic E-state index is -4.69. The molecular formula is C30H44Cl2F3N5O9. The molecular weight excluding hydrogens is 702 g/mol. The van der Waals surface area contributed by atoms with E-state index in [0.29, 0.717) is 6.42 Å². The molecule has 19 heteroatoms. The van der Waals surface area contributed by atoms with Crippen LogP contribution in [0.1, 0.15) is 59.3 Å². The topological polar surface area (TPSA) is 176 Å². The normalized spacial score (nSPS) is 27.9. The van der Waals surface area contributed by atoms with Gasteiger partial charge in [0.25, 0.3) is 0 Å². The molecule has 2 aliphatic carbocycles. The molecule has 1 aliphatic heterocycles. The highest BCUT2D eigenvalue weighted by atomic mass is 35.5. The van der Waals surface area contributed by atoms with Gasteiger partial charge in [-0.1, -0.05) is 0 Å². The van der Waals surface area contributed by atoms with Gasteiger partial charge in [0, 0.05) is 23.3 Å². The molecule has 0 aromatic heterocycles. The Bertz CT molecular complexity index is 1200. The number of nitrogens with one attached hydrogen (secondary N) is 2. The molecule has 3 N–H and O–H groups in total. The lowest BCUT2D eigenvalue weighted by Crippen LogP contribution is -2.53. The third-order valence-electron chi connectivity index (χ3n) is 8.62. The summed E-state index contributed by atoms with van der Waals surface area (Å²) in [5, 5.41) is 14.5. The predicted molar refractivity (Wildman–Crippen MR) is 170 cm³/mol. The molecule has 3 fully saturated rings. The highest BCUT2D eigenvalue weighted by molar-refractivity contribution is 6.24. The van der Waals surface area contributed by atoms with E-state index in [-0.39, 0.29) is 58.1 Å². The molecule has 0 spiro atoms. The molecule has 278 valence electrons. The van der Waals surface area contributed by atoms with Gasteiger partial charge >= 0.3 is 24.3 Å². The molecule has 49 heavy (non-hydrogen) atoms. The molecule has 1 heterocycles. The van der Waals surface area contributed by atoms with Crippen LogP contribution in [0.2, 0.25) is 0 Å². The van der Waals surface area contributed by atoms with Gasteiger partial charge in [-0.15, -0.1) is 23.2 Å². The van der Waals surface area contributed by atoms with Gasteiger partial charge in [-0.25, -0.2) is 24.4 Å². The third kappa shape index (κ3) is 11.2. The molecule has 8 atom stereocenters. The van der Waals surface area contributed by atoms with Crippen LogP contribution < -0.4 is 10.6 Å². The fraction of sp³-hybridized carbons (Fsp3) is 0.800. The second-order valence-corrected chi connectivity index (χ2v) is 13.2. The number of nitrogens with zero attached hydrogens (tertiary/aromatic N) is 3. The monoisotopic (exact) mass is 745 g/mol. The summed E-state index contributed by atoms with van der Waals surface area (Å²) in [7, 11) is 0. The van der Waals surface area contributed by atoms with Crippen molar-refractivity contribution in [3.05, 3.63) is 0 Å². The summed E-state index contributed by atoms with van der Waals surface area (Å²) in [4.78, 5) is 70.2. The van der Waals surface area contributed by atoms with Crippen LogP contribution in [0.4, 0.5) is 22.8 Å². The van der Waals surface area contributed by atoms with Gasteiger partial charge < -0.3 is 30.0 Å². The molecule has 2 saturated carbocycles. The average Bonchev–Trinajstić information content (AvgIpc) is 3.44. The standard InChI is InChI=1S/C30H44Cl2F3N5O9/c1-4-47-24(42)14-22(20-12-18(31)13-21(32)25(20)43)38-23(41)15-36-26(44)16-9-17(30(33,34)35)11-19(10-16)37-27-39(28(45)48-5-2)7-8-40(27)29(46)49-6-3/h16-22,25,43H,4-15H2,1-3H3,(H,36,44)(H,38,41). The number of rotatable bonds is 11. The fourth-order valence-electron chi connectivity index (χ4n) is 6.34. The maximum absolute atomic E-state index is 14.1. The third-order valence-corrected chi connectivity index (χ3v) is 9.41. The zero-order valence-electron chi connectivity index (χ0n) is 27.5. The SMILES string of the molecule is CCOC(=O)CC(NC(=O)CNC(=O)C1CC(N=C2N(C(=O)OCC)CCN2C(=O)OCC)CC(C(F)(F)F)C1)C1CC(Cl)CC(Cl)C1O. The molecule has 0 radical (unpaired) electrons. The summed E-state index contributed by atoms with van der Waals surface area (Å²) in [6.07, 6.45) is -8.51. The van der Waals surface area contributed by atoms with Crippen LogP contribution >= 0.6 is 23.2 Å². The summed E-state index contributed by atoms with van der Waals surface area (Å²) in [5.41, 5.74) is 0. The zero-order valence-corrected chi connectivity index (χ0v) is 29.1. The Kier molecular flexibility index (Phi) is 15.1. The second kappa shape index (κ2) is 18.3. The van der Waals surface area contributed by atoms with Crippen molar-refractivity contribution in [2.24, 2.45) is 22.7 Å². The first-order valence-corrected chi connectivity index (χ1v) is 17.2. The number of amides is 4. The van der Waals surface area contributed by atoms with Gasteiger partial charge in [-0.3, -0.25) is 14.4 Å². The number of hydrogen-bond donors (Lipinski definition) is 3. The number of hydrogen-bond acceptors (Lipinski definition) is 10. The molecule has 8 unspecified atom stereocenters. The Morgan fingerprint density at radius 2 is 1.51 bits per heavy atom. The first kappa shape index (κ1) is 40.4. The largest absolute Gasteiger partial charge is 0.466 e. The van der Waals surface area contributed by atoms with Crippen molar-refractivity contribution in [1.29, 1.82) is 0 Å². The van der Waals surface area contributed by atoms with Crippen LogP contribution in [0, 0.1) is 17.8 Å². The van der Waals surface area contributed by atoms with Gasteiger partial charge in [0.2, 0.25) is 17.8 Å². The van der Waals surface area contributed by atoms with Crippen molar-refractivity contribution in [3.8, 4) is 0 Å². The maximum Gasteiger partial charge on any atom is 0.416 e. The number of aliphatic hydroxyl groups is 1. The number of aliphatic imine (C=N–C) groups is 1. The lowest BCUT2D eigenvalue weighted by atomic mass is 9.78. The van der Waals surface area contributed by atoms with Crippen LogP contribution in [0.15, 0.2) is 4.99 Å². The van der Waals surface area contributed by atoms with Gasteiger partial charge in [-0.05, 0) is 52.9 Å². The average molecular weight is 747 g/mol. The van der Waals surface area contributed by atoms with Crippen LogP contribution in [-0.4, -0.2) is 125 Å². The van der Waals surface area contributed by atoms with Gasteiger partial charge in [-0.2, -0.15) is 13.2 Å². The number of aliphatic hydroxyl groups excluding tert-OH is 1. The van der Waals surface area contributed by atoms with E-state index in [4.69, 9.17) is 37.4 Å². The van der Waals surface area contributed by atoms with Crippen molar-refractivity contribution in [1.82, 2.24) is 20.4 Å². The second-order valence-electron chi connectivity index (χ2n) is 12.1. The number of esters is 1. The smallest absolute Gasteiger partial charge is 0.416 e. The highest BCUT2D eigenvalue weighted by Crippen LogP contribution is 2.41. The number of carbonyl (C=O) groups is 5. The van der Waals surface area contributed by atoms with Crippen molar-refractivity contribution in [2.45, 2.75) is 94.4 Å². The van der Waals surface area contributed by atoms with Crippen LogP contribution in [0.3, 0.4) is 0 Å². The predicted octanol–water partition coefficient (Wildman–Crippen LogP) is 3.16. The van der Waals surface area contributed by atoms with Gasteiger partial charge in [0.05, 0.1) is 69.3 Å². The molecule has 1 saturated heterocycles. The summed E-state index contributed by atoms with van der Waals surface area (Å²) >= 11 is 12.5. The number of carbonyl (C=O) groups excluding carboxylic acids is 5. The highest BCUT2D eigenvalue weighted by Gasteiger charge is 2.48. The quantitative estimate of drug-likeness (QED) is 0.163.